The molecule has 1 aliphatic rings. The molecule has 132 valence electrons. The van der Waals surface area contributed by atoms with E-state index in [9.17, 15) is 19.5 Å². The molecule has 1 fully saturated rings. The molecule has 0 aliphatic carbocycles. The standard InChI is InChI=1S/C15H26N2O6/c1-5-22-13(20)11-7-6-8-17(11)12(19)10(9-18)16-14(21)23-15(2,3)4/h10-11,18H,5-9H2,1-4H3,(H,16,21)/t10-,11+/m0/s1. The molecule has 0 aromatic rings. The van der Waals surface area contributed by atoms with Gasteiger partial charge in [-0.25, -0.2) is 9.59 Å². The zero-order valence-corrected chi connectivity index (χ0v) is 14.1. The normalized spacial score (nSPS) is 19.2. The molecule has 1 saturated heterocycles. The summed E-state index contributed by atoms with van der Waals surface area (Å²) in [5.74, 6) is -0.985. The van der Waals surface area contributed by atoms with E-state index < -0.39 is 42.3 Å². The quantitative estimate of drug-likeness (QED) is 0.708. The highest BCUT2D eigenvalue weighted by Crippen LogP contribution is 2.19. The molecule has 0 unspecified atom stereocenters. The van der Waals surface area contributed by atoms with Crippen molar-refractivity contribution in [3.8, 4) is 0 Å². The maximum Gasteiger partial charge on any atom is 0.408 e. The molecule has 0 spiro atoms. The third kappa shape index (κ3) is 5.70. The Kier molecular flexibility index (Phi) is 6.80. The maximum atomic E-state index is 12.5. The van der Waals surface area contributed by atoms with Gasteiger partial charge in [-0.2, -0.15) is 0 Å². The number of hydrogen-bond acceptors (Lipinski definition) is 6. The second-order valence-corrected chi connectivity index (χ2v) is 6.32. The van der Waals surface area contributed by atoms with Crippen molar-refractivity contribution in [3.63, 3.8) is 0 Å². The molecule has 8 nitrogen and oxygen atoms in total. The lowest BCUT2D eigenvalue weighted by atomic mass is 10.2. The highest BCUT2D eigenvalue weighted by atomic mass is 16.6. The summed E-state index contributed by atoms with van der Waals surface area (Å²) in [6, 6.07) is -1.82. The molecule has 1 aliphatic heterocycles. The predicted molar refractivity (Wildman–Crippen MR) is 81.6 cm³/mol. The Balaban J connectivity index is 2.71. The van der Waals surface area contributed by atoms with Crippen LogP contribution < -0.4 is 5.32 Å². The number of likely N-dealkylation sites (tertiary alicyclic amines) is 1. The van der Waals surface area contributed by atoms with Crippen LogP contribution in [0.15, 0.2) is 0 Å². The van der Waals surface area contributed by atoms with E-state index in [1.807, 2.05) is 0 Å². The second-order valence-electron chi connectivity index (χ2n) is 6.32. The summed E-state index contributed by atoms with van der Waals surface area (Å²) in [7, 11) is 0. The molecule has 1 heterocycles. The molecule has 2 N–H and O–H groups in total. The number of nitrogens with zero attached hydrogens (tertiary/aromatic N) is 1. The van der Waals surface area contributed by atoms with E-state index in [4.69, 9.17) is 9.47 Å². The number of amides is 2. The SMILES string of the molecule is CCOC(=O)[C@H]1CCCN1C(=O)[C@H](CO)NC(=O)OC(C)(C)C. The number of carbonyl (C=O) groups is 3. The fourth-order valence-corrected chi connectivity index (χ4v) is 2.35. The van der Waals surface area contributed by atoms with Gasteiger partial charge in [-0.1, -0.05) is 0 Å². The van der Waals surface area contributed by atoms with Gasteiger partial charge in [0, 0.05) is 6.54 Å². The van der Waals surface area contributed by atoms with E-state index in [2.05, 4.69) is 5.32 Å². The average molecular weight is 330 g/mol. The van der Waals surface area contributed by atoms with Crippen LogP contribution in [-0.4, -0.2) is 65.4 Å². The second kappa shape index (κ2) is 8.14. The largest absolute Gasteiger partial charge is 0.464 e. The first kappa shape index (κ1) is 19.2. The van der Waals surface area contributed by atoms with Crippen molar-refractivity contribution in [1.82, 2.24) is 10.2 Å². The van der Waals surface area contributed by atoms with Gasteiger partial charge in [0.05, 0.1) is 13.2 Å². The van der Waals surface area contributed by atoms with E-state index in [-0.39, 0.29) is 6.61 Å². The molecule has 2 amide bonds. The third-order valence-electron chi connectivity index (χ3n) is 3.27. The van der Waals surface area contributed by atoms with Crippen molar-refractivity contribution >= 4 is 18.0 Å². The molecule has 0 radical (unpaired) electrons. The zero-order chi connectivity index (χ0) is 17.6. The summed E-state index contributed by atoms with van der Waals surface area (Å²) >= 11 is 0. The van der Waals surface area contributed by atoms with Gasteiger partial charge in [0.25, 0.3) is 0 Å². The number of nitrogens with one attached hydrogen (secondary N) is 1. The molecular formula is C15H26N2O6. The van der Waals surface area contributed by atoms with Gasteiger partial charge in [0.15, 0.2) is 0 Å². The van der Waals surface area contributed by atoms with Crippen LogP contribution in [0.4, 0.5) is 4.79 Å². The molecule has 0 saturated carbocycles. The highest BCUT2D eigenvalue weighted by Gasteiger charge is 2.38. The van der Waals surface area contributed by atoms with E-state index >= 15 is 0 Å². The number of alkyl carbamates (subject to hydrolysis) is 1. The number of ether oxygens (including phenoxy) is 2. The highest BCUT2D eigenvalue weighted by molar-refractivity contribution is 5.90. The number of hydrogen-bond donors (Lipinski definition) is 2. The summed E-state index contributed by atoms with van der Waals surface area (Å²) in [5.41, 5.74) is -0.714. The van der Waals surface area contributed by atoms with E-state index in [0.29, 0.717) is 19.4 Å². The number of aliphatic hydroxyl groups excluding tert-OH is 1. The van der Waals surface area contributed by atoms with Crippen LogP contribution in [0, 0.1) is 0 Å². The van der Waals surface area contributed by atoms with Crippen LogP contribution in [0.25, 0.3) is 0 Å². The van der Waals surface area contributed by atoms with Crippen molar-refractivity contribution < 1.29 is 29.0 Å². The van der Waals surface area contributed by atoms with Crippen LogP contribution in [0.2, 0.25) is 0 Å². The Morgan fingerprint density at radius 3 is 2.52 bits per heavy atom. The van der Waals surface area contributed by atoms with Crippen LogP contribution >= 0.6 is 0 Å². The molecule has 0 bridgehead atoms. The van der Waals surface area contributed by atoms with Crippen LogP contribution in [0.1, 0.15) is 40.5 Å². The van der Waals surface area contributed by atoms with E-state index in [0.717, 1.165) is 0 Å². The smallest absolute Gasteiger partial charge is 0.408 e. The minimum atomic E-state index is -1.15. The third-order valence-corrected chi connectivity index (χ3v) is 3.27. The number of esters is 1. The number of aliphatic hydroxyl groups is 1. The Bertz CT molecular complexity index is 446. The summed E-state index contributed by atoms with van der Waals surface area (Å²) in [6.45, 7) is 6.81. The van der Waals surface area contributed by atoms with E-state index in [1.165, 1.54) is 4.90 Å². The summed E-state index contributed by atoms with van der Waals surface area (Å²) in [5, 5.41) is 11.7. The average Bonchev–Trinajstić information content (AvgIpc) is 2.91. The van der Waals surface area contributed by atoms with Gasteiger partial charge in [-0.3, -0.25) is 4.79 Å². The molecular weight excluding hydrogens is 304 g/mol. The summed E-state index contributed by atoms with van der Waals surface area (Å²) in [6.07, 6.45) is 0.381. The fraction of sp³-hybridized carbons (Fsp3) is 0.800. The van der Waals surface area contributed by atoms with Crippen molar-refractivity contribution in [2.45, 2.75) is 58.2 Å². The van der Waals surface area contributed by atoms with Crippen molar-refractivity contribution in [3.05, 3.63) is 0 Å². The Morgan fingerprint density at radius 1 is 1.35 bits per heavy atom. The molecule has 8 heteroatoms. The number of carbonyl (C=O) groups excluding carboxylic acids is 3. The van der Waals surface area contributed by atoms with Crippen molar-refractivity contribution in [2.24, 2.45) is 0 Å². The monoisotopic (exact) mass is 330 g/mol. The molecule has 1 rings (SSSR count). The van der Waals surface area contributed by atoms with Crippen LogP contribution in [-0.2, 0) is 19.1 Å². The maximum absolute atomic E-state index is 12.5. The topological polar surface area (TPSA) is 105 Å². The first-order valence-corrected chi connectivity index (χ1v) is 7.77. The summed E-state index contributed by atoms with van der Waals surface area (Å²) < 4.78 is 10.0. The van der Waals surface area contributed by atoms with E-state index in [1.54, 1.807) is 27.7 Å². The molecule has 0 aromatic carbocycles. The van der Waals surface area contributed by atoms with Gasteiger partial charge < -0.3 is 24.8 Å². The van der Waals surface area contributed by atoms with Crippen molar-refractivity contribution in [1.29, 1.82) is 0 Å². The first-order valence-electron chi connectivity index (χ1n) is 7.77. The van der Waals surface area contributed by atoms with Crippen molar-refractivity contribution in [2.75, 3.05) is 19.8 Å². The lowest BCUT2D eigenvalue weighted by Gasteiger charge is -2.28. The Labute approximate surface area is 136 Å². The minimum absolute atomic E-state index is 0.233. The molecule has 23 heavy (non-hydrogen) atoms. The Morgan fingerprint density at radius 2 is 2.00 bits per heavy atom. The predicted octanol–water partition coefficient (Wildman–Crippen LogP) is 0.426. The van der Waals surface area contributed by atoms with Crippen LogP contribution in [0.5, 0.6) is 0 Å². The first-order chi connectivity index (χ1) is 10.7. The minimum Gasteiger partial charge on any atom is -0.464 e. The van der Waals surface area contributed by atoms with Gasteiger partial charge >= 0.3 is 12.1 Å². The molecule has 0 aromatic heterocycles. The van der Waals surface area contributed by atoms with Gasteiger partial charge in [0.1, 0.15) is 17.7 Å². The summed E-state index contributed by atoms with van der Waals surface area (Å²) in [4.78, 5) is 37.5. The van der Waals surface area contributed by atoms with Gasteiger partial charge in [-0.05, 0) is 40.5 Å². The zero-order valence-electron chi connectivity index (χ0n) is 14.1. The number of rotatable bonds is 5. The fourth-order valence-electron chi connectivity index (χ4n) is 2.35. The van der Waals surface area contributed by atoms with Gasteiger partial charge in [0.2, 0.25) is 5.91 Å². The van der Waals surface area contributed by atoms with Crippen LogP contribution in [0.3, 0.4) is 0 Å². The Hall–Kier alpha value is -1.83. The lowest BCUT2D eigenvalue weighted by Crippen LogP contribution is -2.54. The van der Waals surface area contributed by atoms with Gasteiger partial charge in [-0.15, -0.1) is 0 Å². The molecule has 2 atom stereocenters. The lowest BCUT2D eigenvalue weighted by molar-refractivity contribution is -0.153.